The third-order valence-corrected chi connectivity index (χ3v) is 5.18. The van der Waals surface area contributed by atoms with E-state index in [2.05, 4.69) is 26.2 Å². The van der Waals surface area contributed by atoms with Crippen molar-refractivity contribution < 1.29 is 14.3 Å². The van der Waals surface area contributed by atoms with Gasteiger partial charge in [0.25, 0.3) is 11.8 Å². The number of aromatic nitrogens is 1. The van der Waals surface area contributed by atoms with E-state index in [1.165, 1.54) is 4.90 Å². The molecule has 2 heterocycles. The van der Waals surface area contributed by atoms with E-state index in [4.69, 9.17) is 4.74 Å². The Morgan fingerprint density at radius 3 is 2.47 bits per heavy atom. The van der Waals surface area contributed by atoms with E-state index in [1.807, 2.05) is 30.3 Å². The second-order valence-electron chi connectivity index (χ2n) is 6.63. The molecule has 7 heteroatoms. The lowest BCUT2D eigenvalue weighted by Crippen LogP contribution is -2.32. The van der Waals surface area contributed by atoms with Crippen molar-refractivity contribution in [2.24, 2.45) is 0 Å². The highest BCUT2D eigenvalue weighted by Crippen LogP contribution is 2.32. The van der Waals surface area contributed by atoms with Crippen LogP contribution in [0, 0.1) is 0 Å². The average Bonchev–Trinajstić information content (AvgIpc) is 2.99. The van der Waals surface area contributed by atoms with Crippen LogP contribution in [-0.2, 0) is 16.1 Å². The molecule has 0 saturated heterocycles. The number of rotatable bonds is 6. The SMILES string of the molecule is COc1ccc(C2=C(Nc3cccc(Br)c3)C(=O)N(Cc3ccccn3)C2=O)cc1. The Labute approximate surface area is 182 Å². The quantitative estimate of drug-likeness (QED) is 0.553. The molecule has 2 aromatic carbocycles. The van der Waals surface area contributed by atoms with E-state index in [0.717, 1.165) is 4.47 Å². The molecule has 3 aromatic rings. The van der Waals surface area contributed by atoms with Gasteiger partial charge in [-0.15, -0.1) is 0 Å². The van der Waals surface area contributed by atoms with Gasteiger partial charge in [0.1, 0.15) is 11.4 Å². The lowest BCUT2D eigenvalue weighted by Gasteiger charge is -2.14. The van der Waals surface area contributed by atoms with Crippen molar-refractivity contribution in [2.75, 3.05) is 12.4 Å². The normalized spacial score (nSPS) is 13.7. The van der Waals surface area contributed by atoms with Crippen molar-refractivity contribution in [3.63, 3.8) is 0 Å². The summed E-state index contributed by atoms with van der Waals surface area (Å²) < 4.78 is 6.07. The Hall–Kier alpha value is -3.45. The Morgan fingerprint density at radius 1 is 1.00 bits per heavy atom. The fourth-order valence-corrected chi connectivity index (χ4v) is 3.62. The number of benzene rings is 2. The molecular weight excluding hydrogens is 446 g/mol. The number of hydrogen-bond acceptors (Lipinski definition) is 5. The number of nitrogens with zero attached hydrogens (tertiary/aromatic N) is 2. The smallest absolute Gasteiger partial charge is 0.278 e. The van der Waals surface area contributed by atoms with Gasteiger partial charge in [-0.2, -0.15) is 0 Å². The van der Waals surface area contributed by atoms with Gasteiger partial charge in [0.2, 0.25) is 0 Å². The van der Waals surface area contributed by atoms with Gasteiger partial charge in [-0.05, 0) is 48.0 Å². The molecule has 0 aliphatic carbocycles. The first-order chi connectivity index (χ1) is 14.6. The Morgan fingerprint density at radius 2 is 1.80 bits per heavy atom. The minimum atomic E-state index is -0.392. The molecule has 0 fully saturated rings. The molecule has 0 spiro atoms. The topological polar surface area (TPSA) is 71.5 Å². The van der Waals surface area contributed by atoms with E-state index in [0.29, 0.717) is 28.3 Å². The van der Waals surface area contributed by atoms with Crippen LogP contribution in [0.5, 0.6) is 5.75 Å². The molecule has 0 radical (unpaired) electrons. The lowest BCUT2D eigenvalue weighted by molar-refractivity contribution is -0.137. The molecule has 2 amide bonds. The van der Waals surface area contributed by atoms with E-state index in [1.54, 1.807) is 49.7 Å². The molecule has 30 heavy (non-hydrogen) atoms. The van der Waals surface area contributed by atoms with Crippen LogP contribution in [0.15, 0.2) is 83.1 Å². The molecule has 0 bridgehead atoms. The Bertz CT molecular complexity index is 1130. The molecule has 0 unspecified atom stereocenters. The zero-order valence-electron chi connectivity index (χ0n) is 16.1. The number of carbonyl (C=O) groups is 2. The summed E-state index contributed by atoms with van der Waals surface area (Å²) >= 11 is 3.43. The molecule has 0 atom stereocenters. The van der Waals surface area contributed by atoms with Crippen molar-refractivity contribution in [3.05, 3.63) is 94.4 Å². The minimum Gasteiger partial charge on any atom is -0.497 e. The Kier molecular flexibility index (Phi) is 5.63. The fourth-order valence-electron chi connectivity index (χ4n) is 3.23. The second-order valence-corrected chi connectivity index (χ2v) is 7.55. The summed E-state index contributed by atoms with van der Waals surface area (Å²) in [6, 6.07) is 19.9. The summed E-state index contributed by atoms with van der Waals surface area (Å²) in [5, 5.41) is 3.14. The largest absolute Gasteiger partial charge is 0.497 e. The molecule has 1 aromatic heterocycles. The predicted octanol–water partition coefficient (Wildman–Crippen LogP) is 4.24. The number of ether oxygens (including phenoxy) is 1. The van der Waals surface area contributed by atoms with Crippen LogP contribution in [0.1, 0.15) is 11.3 Å². The monoisotopic (exact) mass is 463 g/mol. The first kappa shape index (κ1) is 19.8. The van der Waals surface area contributed by atoms with Crippen molar-refractivity contribution >= 4 is 39.0 Å². The molecule has 0 saturated carbocycles. The molecule has 1 N–H and O–H groups in total. The van der Waals surface area contributed by atoms with Gasteiger partial charge in [0, 0.05) is 16.4 Å². The van der Waals surface area contributed by atoms with Gasteiger partial charge in [0.05, 0.1) is 24.9 Å². The van der Waals surface area contributed by atoms with E-state index < -0.39 is 5.91 Å². The minimum absolute atomic E-state index is 0.0990. The number of imide groups is 1. The van der Waals surface area contributed by atoms with E-state index in [9.17, 15) is 9.59 Å². The summed E-state index contributed by atoms with van der Waals surface area (Å²) in [6.07, 6.45) is 1.64. The van der Waals surface area contributed by atoms with Crippen LogP contribution in [-0.4, -0.2) is 28.8 Å². The highest BCUT2D eigenvalue weighted by Gasteiger charge is 2.39. The predicted molar refractivity (Wildman–Crippen MR) is 117 cm³/mol. The number of halogens is 1. The first-order valence-corrected chi connectivity index (χ1v) is 10.0. The number of anilines is 1. The highest BCUT2D eigenvalue weighted by atomic mass is 79.9. The maximum Gasteiger partial charge on any atom is 0.278 e. The first-order valence-electron chi connectivity index (χ1n) is 9.24. The number of amides is 2. The van der Waals surface area contributed by atoms with E-state index in [-0.39, 0.29) is 18.1 Å². The van der Waals surface area contributed by atoms with Crippen LogP contribution >= 0.6 is 15.9 Å². The zero-order valence-corrected chi connectivity index (χ0v) is 17.7. The molecule has 1 aliphatic rings. The molecule has 6 nitrogen and oxygen atoms in total. The van der Waals surface area contributed by atoms with Gasteiger partial charge in [-0.25, -0.2) is 0 Å². The average molecular weight is 464 g/mol. The van der Waals surface area contributed by atoms with Crippen LogP contribution < -0.4 is 10.1 Å². The number of carbonyl (C=O) groups excluding carboxylic acids is 2. The maximum absolute atomic E-state index is 13.3. The summed E-state index contributed by atoms with van der Waals surface area (Å²) in [4.78, 5) is 32.0. The van der Waals surface area contributed by atoms with Crippen LogP contribution in [0.4, 0.5) is 5.69 Å². The van der Waals surface area contributed by atoms with Gasteiger partial charge in [-0.1, -0.05) is 40.2 Å². The molecule has 1 aliphatic heterocycles. The number of pyridine rings is 1. The van der Waals surface area contributed by atoms with Crippen LogP contribution in [0.25, 0.3) is 5.57 Å². The molecule has 4 rings (SSSR count). The van der Waals surface area contributed by atoms with Crippen molar-refractivity contribution in [2.45, 2.75) is 6.54 Å². The van der Waals surface area contributed by atoms with Crippen LogP contribution in [0.3, 0.4) is 0 Å². The van der Waals surface area contributed by atoms with Crippen molar-refractivity contribution in [1.29, 1.82) is 0 Å². The second kappa shape index (κ2) is 8.51. The summed E-state index contributed by atoms with van der Waals surface area (Å²) in [6.45, 7) is 0.0990. The number of methoxy groups -OCH3 is 1. The van der Waals surface area contributed by atoms with Crippen LogP contribution in [0.2, 0.25) is 0 Å². The molecule has 150 valence electrons. The van der Waals surface area contributed by atoms with Gasteiger partial charge in [-0.3, -0.25) is 19.5 Å². The van der Waals surface area contributed by atoms with E-state index >= 15 is 0 Å². The maximum atomic E-state index is 13.3. The summed E-state index contributed by atoms with van der Waals surface area (Å²) in [7, 11) is 1.58. The zero-order chi connectivity index (χ0) is 21.1. The third-order valence-electron chi connectivity index (χ3n) is 4.69. The number of hydrogen-bond donors (Lipinski definition) is 1. The highest BCUT2D eigenvalue weighted by molar-refractivity contribution is 9.10. The third kappa shape index (κ3) is 3.97. The standard InChI is InChI=1S/C23H18BrN3O3/c1-30-19-10-8-15(9-11-19)20-21(26-17-7-4-5-16(24)13-17)23(29)27(22(20)28)14-18-6-2-3-12-25-18/h2-13,26H,14H2,1H3. The Balaban J connectivity index is 1.74. The molecular formula is C23H18BrN3O3. The lowest BCUT2D eigenvalue weighted by atomic mass is 10.0. The van der Waals surface area contributed by atoms with Crippen molar-refractivity contribution in [3.8, 4) is 5.75 Å². The van der Waals surface area contributed by atoms with Gasteiger partial charge < -0.3 is 10.1 Å². The number of nitrogens with one attached hydrogen (secondary N) is 1. The van der Waals surface area contributed by atoms with Gasteiger partial charge >= 0.3 is 0 Å². The summed E-state index contributed by atoms with van der Waals surface area (Å²) in [5.41, 5.74) is 2.52. The van der Waals surface area contributed by atoms with Gasteiger partial charge in [0.15, 0.2) is 0 Å². The van der Waals surface area contributed by atoms with Crippen molar-refractivity contribution in [1.82, 2.24) is 9.88 Å². The fraction of sp³-hybridized carbons (Fsp3) is 0.0870. The summed E-state index contributed by atoms with van der Waals surface area (Å²) in [5.74, 6) is -0.0901.